The van der Waals surface area contributed by atoms with E-state index in [0.717, 1.165) is 15.5 Å². The number of halogens is 2. The molecule has 4 nitrogen and oxygen atoms in total. The van der Waals surface area contributed by atoms with Crippen LogP contribution >= 0.6 is 27.5 Å². The van der Waals surface area contributed by atoms with E-state index in [1.807, 2.05) is 36.6 Å². The fourth-order valence-electron chi connectivity index (χ4n) is 2.32. The summed E-state index contributed by atoms with van der Waals surface area (Å²) in [6, 6.07) is 5.32. The average molecular weight is 360 g/mol. The van der Waals surface area contributed by atoms with Crippen LogP contribution in [0.3, 0.4) is 0 Å². The normalized spacial score (nSPS) is 12.9. The first-order chi connectivity index (χ1) is 9.49. The molecule has 1 aromatic heterocycles. The highest BCUT2D eigenvalue weighted by molar-refractivity contribution is 9.10. The maximum atomic E-state index is 12.1. The van der Waals surface area contributed by atoms with Crippen LogP contribution in [0.2, 0.25) is 0 Å². The number of esters is 1. The highest BCUT2D eigenvalue weighted by atomic mass is 79.9. The monoisotopic (exact) mass is 358 g/mol. The number of hydrogen-bond acceptors (Lipinski definition) is 3. The molecule has 0 fully saturated rings. The van der Waals surface area contributed by atoms with Gasteiger partial charge in [0.15, 0.2) is 0 Å². The molecule has 1 aromatic carbocycles. The van der Waals surface area contributed by atoms with Crippen LogP contribution in [-0.2, 0) is 15.4 Å². The van der Waals surface area contributed by atoms with Gasteiger partial charge in [0.05, 0.1) is 24.0 Å². The molecule has 1 heterocycles. The first-order valence-corrected chi connectivity index (χ1v) is 7.62. The van der Waals surface area contributed by atoms with Crippen molar-refractivity contribution in [1.29, 1.82) is 0 Å². The van der Waals surface area contributed by atoms with Crippen molar-refractivity contribution >= 4 is 44.5 Å². The minimum Gasteiger partial charge on any atom is -0.467 e. The summed E-state index contributed by atoms with van der Waals surface area (Å²) >= 11 is 9.44. The molecule has 1 atom stereocenters. The van der Waals surface area contributed by atoms with E-state index in [9.17, 15) is 4.79 Å². The average Bonchev–Trinajstić information content (AvgIpc) is 2.76. The molecular formula is C14H16BrClN2O2. The largest absolute Gasteiger partial charge is 0.467 e. The zero-order chi connectivity index (χ0) is 14.9. The number of carbonyl (C=O) groups is 1. The number of fused-ring (bicyclic) bond motifs is 1. The maximum absolute atomic E-state index is 12.1. The SMILES string of the molecule is COC(=O)C(C(C)C)n1c(CCl)nc2ccc(Br)cc21. The number of hydrogen-bond donors (Lipinski definition) is 0. The third-order valence-electron chi connectivity index (χ3n) is 3.20. The molecule has 0 aliphatic heterocycles. The van der Waals surface area contributed by atoms with Crippen LogP contribution in [0, 0.1) is 5.92 Å². The van der Waals surface area contributed by atoms with E-state index in [1.54, 1.807) is 0 Å². The van der Waals surface area contributed by atoms with Gasteiger partial charge in [-0.25, -0.2) is 9.78 Å². The van der Waals surface area contributed by atoms with E-state index in [4.69, 9.17) is 16.3 Å². The van der Waals surface area contributed by atoms with Crippen molar-refractivity contribution in [3.05, 3.63) is 28.5 Å². The smallest absolute Gasteiger partial charge is 0.329 e. The van der Waals surface area contributed by atoms with Gasteiger partial charge >= 0.3 is 5.97 Å². The van der Waals surface area contributed by atoms with Crippen LogP contribution < -0.4 is 0 Å². The second-order valence-corrected chi connectivity index (χ2v) is 6.06. The number of ether oxygens (including phenoxy) is 1. The lowest BCUT2D eigenvalue weighted by atomic mass is 10.0. The fraction of sp³-hybridized carbons (Fsp3) is 0.429. The molecule has 0 bridgehead atoms. The summed E-state index contributed by atoms with van der Waals surface area (Å²) in [5.41, 5.74) is 1.69. The van der Waals surface area contributed by atoms with Crippen LogP contribution in [0.1, 0.15) is 25.7 Å². The highest BCUT2D eigenvalue weighted by Crippen LogP contribution is 2.29. The van der Waals surface area contributed by atoms with E-state index in [0.29, 0.717) is 5.82 Å². The van der Waals surface area contributed by atoms with E-state index >= 15 is 0 Å². The molecular weight excluding hydrogens is 344 g/mol. The van der Waals surface area contributed by atoms with E-state index in [2.05, 4.69) is 20.9 Å². The van der Waals surface area contributed by atoms with E-state index in [1.165, 1.54) is 7.11 Å². The predicted octanol–water partition coefficient (Wildman–Crippen LogP) is 3.91. The lowest BCUT2D eigenvalue weighted by Gasteiger charge is -2.22. The number of imidazole rings is 1. The summed E-state index contributed by atoms with van der Waals surface area (Å²) in [4.78, 5) is 16.6. The van der Waals surface area contributed by atoms with Gasteiger partial charge in [0.1, 0.15) is 11.9 Å². The topological polar surface area (TPSA) is 44.1 Å². The summed E-state index contributed by atoms with van der Waals surface area (Å²) in [5, 5.41) is 0. The molecule has 1 unspecified atom stereocenters. The van der Waals surface area contributed by atoms with Gasteiger partial charge in [0.25, 0.3) is 0 Å². The highest BCUT2D eigenvalue weighted by Gasteiger charge is 2.29. The van der Waals surface area contributed by atoms with Gasteiger partial charge in [-0.2, -0.15) is 0 Å². The van der Waals surface area contributed by atoms with Crippen LogP contribution in [-0.4, -0.2) is 22.6 Å². The first-order valence-electron chi connectivity index (χ1n) is 6.29. The van der Waals surface area contributed by atoms with E-state index in [-0.39, 0.29) is 17.8 Å². The Morgan fingerprint density at radius 1 is 1.50 bits per heavy atom. The Bertz CT molecular complexity index is 639. The Morgan fingerprint density at radius 3 is 2.75 bits per heavy atom. The zero-order valence-corrected chi connectivity index (χ0v) is 13.9. The molecule has 20 heavy (non-hydrogen) atoms. The number of alkyl halides is 1. The number of benzene rings is 1. The summed E-state index contributed by atoms with van der Waals surface area (Å²) in [6.45, 7) is 3.95. The quantitative estimate of drug-likeness (QED) is 0.614. The molecule has 0 amide bonds. The molecule has 0 radical (unpaired) electrons. The Balaban J connectivity index is 2.71. The third-order valence-corrected chi connectivity index (χ3v) is 3.93. The van der Waals surface area contributed by atoms with Crippen molar-refractivity contribution in [3.63, 3.8) is 0 Å². The van der Waals surface area contributed by atoms with Gasteiger partial charge in [0, 0.05) is 4.47 Å². The van der Waals surface area contributed by atoms with Crippen LogP contribution in [0.25, 0.3) is 11.0 Å². The Hall–Kier alpha value is -1.07. The Labute approximate surface area is 131 Å². The molecule has 0 aliphatic rings. The Kier molecular flexibility index (Phi) is 4.70. The molecule has 0 aliphatic carbocycles. The van der Waals surface area contributed by atoms with Gasteiger partial charge in [0.2, 0.25) is 0 Å². The van der Waals surface area contributed by atoms with Gasteiger partial charge in [-0.3, -0.25) is 0 Å². The predicted molar refractivity (Wildman–Crippen MR) is 82.9 cm³/mol. The second-order valence-electron chi connectivity index (χ2n) is 4.88. The van der Waals surface area contributed by atoms with Crippen LogP contribution in [0.4, 0.5) is 0 Å². The van der Waals surface area contributed by atoms with Crippen molar-refractivity contribution < 1.29 is 9.53 Å². The summed E-state index contributed by atoms with van der Waals surface area (Å²) in [5.74, 6) is 0.697. The number of rotatable bonds is 4. The van der Waals surface area contributed by atoms with Crippen molar-refractivity contribution in [1.82, 2.24) is 9.55 Å². The van der Waals surface area contributed by atoms with Gasteiger partial charge < -0.3 is 9.30 Å². The second kappa shape index (κ2) is 6.14. The molecule has 6 heteroatoms. The summed E-state index contributed by atoms with van der Waals surface area (Å²) in [7, 11) is 1.40. The third kappa shape index (κ3) is 2.69. The minimum absolute atomic E-state index is 0.0702. The number of nitrogens with zero attached hydrogens (tertiary/aromatic N) is 2. The van der Waals surface area contributed by atoms with Crippen LogP contribution in [0.5, 0.6) is 0 Å². The maximum Gasteiger partial charge on any atom is 0.329 e. The van der Waals surface area contributed by atoms with Crippen LogP contribution in [0.15, 0.2) is 22.7 Å². The number of carbonyl (C=O) groups excluding carboxylic acids is 1. The van der Waals surface area contributed by atoms with Gasteiger partial charge in [-0.1, -0.05) is 29.8 Å². The fourth-order valence-corrected chi connectivity index (χ4v) is 2.85. The lowest BCUT2D eigenvalue weighted by molar-refractivity contribution is -0.145. The van der Waals surface area contributed by atoms with E-state index < -0.39 is 6.04 Å². The summed E-state index contributed by atoms with van der Waals surface area (Å²) in [6.07, 6.45) is 0. The van der Waals surface area contributed by atoms with Crippen molar-refractivity contribution in [2.24, 2.45) is 5.92 Å². The number of aromatic nitrogens is 2. The molecule has 0 saturated heterocycles. The van der Waals surface area contributed by atoms with Gasteiger partial charge in [-0.05, 0) is 24.1 Å². The van der Waals surface area contributed by atoms with Crippen molar-refractivity contribution in [3.8, 4) is 0 Å². The van der Waals surface area contributed by atoms with Crippen molar-refractivity contribution in [2.45, 2.75) is 25.8 Å². The molecule has 108 valence electrons. The van der Waals surface area contributed by atoms with Crippen molar-refractivity contribution in [2.75, 3.05) is 7.11 Å². The summed E-state index contributed by atoms with van der Waals surface area (Å²) < 4.78 is 7.74. The molecule has 2 rings (SSSR count). The number of methoxy groups -OCH3 is 1. The molecule has 0 saturated carbocycles. The first kappa shape index (κ1) is 15.3. The minimum atomic E-state index is -0.437. The zero-order valence-electron chi connectivity index (χ0n) is 11.6. The van der Waals surface area contributed by atoms with Gasteiger partial charge in [-0.15, -0.1) is 11.6 Å². The standard InChI is InChI=1S/C14H16BrClN2O2/c1-8(2)13(14(19)20-3)18-11-6-9(15)4-5-10(11)17-12(18)7-16/h4-6,8,13H,7H2,1-3H3. The lowest BCUT2D eigenvalue weighted by Crippen LogP contribution is -2.27. The Morgan fingerprint density at radius 2 is 2.20 bits per heavy atom. The molecule has 0 N–H and O–H groups in total. The molecule has 2 aromatic rings. The molecule has 0 spiro atoms.